The van der Waals surface area contributed by atoms with Crippen molar-refractivity contribution < 1.29 is 0 Å². The molecular weight excluding hydrogens is 647 g/mol. The topological polar surface area (TPSA) is 3.24 Å². The number of hydrogen-bond donors (Lipinski definition) is 0. The van der Waals surface area contributed by atoms with Crippen LogP contribution in [0, 0.1) is 0 Å². The van der Waals surface area contributed by atoms with E-state index in [1.807, 2.05) is 11.3 Å². The van der Waals surface area contributed by atoms with Gasteiger partial charge in [0.2, 0.25) is 0 Å². The Kier molecular flexibility index (Phi) is 6.49. The van der Waals surface area contributed by atoms with E-state index in [1.54, 1.807) is 0 Å². The van der Waals surface area contributed by atoms with Crippen molar-refractivity contribution in [2.75, 3.05) is 4.90 Å². The Morgan fingerprint density at radius 1 is 0.308 bits per heavy atom. The van der Waals surface area contributed by atoms with Crippen LogP contribution in [0.25, 0.3) is 85.2 Å². The Morgan fingerprint density at radius 3 is 1.60 bits per heavy atom. The highest BCUT2D eigenvalue weighted by atomic mass is 32.1. The van der Waals surface area contributed by atoms with E-state index in [0.29, 0.717) is 0 Å². The molecule has 0 aliphatic rings. The zero-order valence-electron chi connectivity index (χ0n) is 28.3. The van der Waals surface area contributed by atoms with Gasteiger partial charge in [-0.15, -0.1) is 11.3 Å². The molecule has 1 heterocycles. The van der Waals surface area contributed by atoms with E-state index in [1.165, 1.54) is 90.8 Å². The summed E-state index contributed by atoms with van der Waals surface area (Å²) in [5.41, 5.74) is 5.91. The van der Waals surface area contributed by atoms with Crippen LogP contribution in [0.4, 0.5) is 17.1 Å². The van der Waals surface area contributed by atoms with Gasteiger partial charge in [0.1, 0.15) is 0 Å². The first-order valence-electron chi connectivity index (χ1n) is 17.8. The summed E-state index contributed by atoms with van der Waals surface area (Å²) in [4.78, 5) is 2.46. The third-order valence-electron chi connectivity index (χ3n) is 10.8. The van der Waals surface area contributed by atoms with E-state index in [9.17, 15) is 0 Å². The largest absolute Gasteiger partial charge is 0.309 e. The highest BCUT2D eigenvalue weighted by Crippen LogP contribution is 2.47. The van der Waals surface area contributed by atoms with Crippen LogP contribution in [-0.2, 0) is 0 Å². The molecule has 2 heteroatoms. The molecule has 11 rings (SSSR count). The van der Waals surface area contributed by atoms with Crippen LogP contribution < -0.4 is 4.90 Å². The third-order valence-corrected chi connectivity index (χ3v) is 12.1. The van der Waals surface area contributed by atoms with Gasteiger partial charge in [0, 0.05) is 26.8 Å². The normalized spacial score (nSPS) is 11.8. The lowest BCUT2D eigenvalue weighted by Gasteiger charge is -2.27. The van der Waals surface area contributed by atoms with Crippen molar-refractivity contribution in [2.24, 2.45) is 0 Å². The maximum absolute atomic E-state index is 2.46. The molecule has 0 aliphatic heterocycles. The van der Waals surface area contributed by atoms with Gasteiger partial charge in [-0.05, 0) is 95.3 Å². The summed E-state index contributed by atoms with van der Waals surface area (Å²) in [5, 5.41) is 15.3. The Morgan fingerprint density at radius 2 is 0.827 bits per heavy atom. The predicted octanol–water partition coefficient (Wildman–Crippen LogP) is 15.0. The van der Waals surface area contributed by atoms with Gasteiger partial charge in [-0.1, -0.05) is 158 Å². The van der Waals surface area contributed by atoms with Gasteiger partial charge in [-0.25, -0.2) is 0 Å². The fourth-order valence-electron chi connectivity index (χ4n) is 8.33. The van der Waals surface area contributed by atoms with E-state index in [-0.39, 0.29) is 0 Å². The van der Waals surface area contributed by atoms with Crippen molar-refractivity contribution >= 4 is 102 Å². The van der Waals surface area contributed by atoms with Crippen LogP contribution in [0.2, 0.25) is 0 Å². The van der Waals surface area contributed by atoms with Gasteiger partial charge in [-0.3, -0.25) is 0 Å². The lowest BCUT2D eigenvalue weighted by molar-refractivity contribution is 1.31. The van der Waals surface area contributed by atoms with Gasteiger partial charge in [0.05, 0.1) is 10.4 Å². The lowest BCUT2D eigenvalue weighted by atomic mass is 9.94. The molecule has 0 unspecified atom stereocenters. The van der Waals surface area contributed by atoms with Crippen molar-refractivity contribution in [3.63, 3.8) is 0 Å². The molecule has 0 bridgehead atoms. The van der Waals surface area contributed by atoms with Crippen LogP contribution in [0.3, 0.4) is 0 Å². The van der Waals surface area contributed by atoms with Crippen molar-refractivity contribution in [3.8, 4) is 11.1 Å². The Labute approximate surface area is 305 Å². The number of nitrogens with zero attached hydrogens (tertiary/aromatic N) is 1. The minimum Gasteiger partial charge on any atom is -0.309 e. The highest BCUT2D eigenvalue weighted by molar-refractivity contribution is 7.27. The summed E-state index contributed by atoms with van der Waals surface area (Å²) >= 11 is 1.90. The monoisotopic (exact) mass is 677 g/mol. The first-order valence-corrected chi connectivity index (χ1v) is 18.7. The maximum atomic E-state index is 2.46. The lowest BCUT2D eigenvalue weighted by Crippen LogP contribution is -2.10. The number of rotatable bonds is 4. The summed E-state index contributed by atoms with van der Waals surface area (Å²) in [6.45, 7) is 0. The molecule has 52 heavy (non-hydrogen) atoms. The van der Waals surface area contributed by atoms with Gasteiger partial charge in [0.15, 0.2) is 0 Å². The van der Waals surface area contributed by atoms with E-state index < -0.39 is 0 Å². The molecule has 10 aromatic carbocycles. The molecular formula is C50H31NS. The maximum Gasteiger partial charge on any atom is 0.0640 e. The second-order valence-electron chi connectivity index (χ2n) is 13.7. The summed E-state index contributed by atoms with van der Waals surface area (Å²) in [7, 11) is 0. The van der Waals surface area contributed by atoms with Crippen molar-refractivity contribution in [1.29, 1.82) is 0 Å². The first kappa shape index (κ1) is 29.3. The highest BCUT2D eigenvalue weighted by Gasteiger charge is 2.20. The Hall–Kier alpha value is -6.48. The molecule has 0 saturated carbocycles. The molecule has 0 atom stereocenters. The van der Waals surface area contributed by atoms with Gasteiger partial charge in [-0.2, -0.15) is 0 Å². The quantitative estimate of drug-likeness (QED) is 0.168. The second kappa shape index (κ2) is 11.5. The molecule has 0 radical (unpaired) electrons. The van der Waals surface area contributed by atoms with Crippen LogP contribution in [0.1, 0.15) is 0 Å². The van der Waals surface area contributed by atoms with Crippen LogP contribution in [0.15, 0.2) is 188 Å². The minimum absolute atomic E-state index is 1.13. The zero-order chi connectivity index (χ0) is 34.2. The number of benzene rings is 10. The molecule has 1 aromatic heterocycles. The molecule has 0 fully saturated rings. The summed E-state index contributed by atoms with van der Waals surface area (Å²) in [5.74, 6) is 0. The predicted molar refractivity (Wildman–Crippen MR) is 227 cm³/mol. The number of thiophene rings is 1. The van der Waals surface area contributed by atoms with Crippen LogP contribution in [0.5, 0.6) is 0 Å². The fraction of sp³-hybridized carbons (Fsp3) is 0. The molecule has 0 amide bonds. The molecule has 1 nitrogen and oxygen atoms in total. The average Bonchev–Trinajstić information content (AvgIpc) is 3.61. The fourth-order valence-corrected chi connectivity index (χ4v) is 9.67. The molecule has 0 aliphatic carbocycles. The molecule has 0 spiro atoms. The van der Waals surface area contributed by atoms with Crippen molar-refractivity contribution in [2.45, 2.75) is 0 Å². The summed E-state index contributed by atoms with van der Waals surface area (Å²) in [6, 6.07) is 69.3. The number of fused-ring (bicyclic) bond motifs is 11. The molecule has 242 valence electrons. The van der Waals surface area contributed by atoms with Gasteiger partial charge >= 0.3 is 0 Å². The van der Waals surface area contributed by atoms with Gasteiger partial charge in [0.25, 0.3) is 0 Å². The van der Waals surface area contributed by atoms with Gasteiger partial charge < -0.3 is 4.90 Å². The number of hydrogen-bond acceptors (Lipinski definition) is 2. The van der Waals surface area contributed by atoms with Crippen molar-refractivity contribution in [3.05, 3.63) is 188 Å². The molecule has 0 N–H and O–H groups in total. The van der Waals surface area contributed by atoms with Crippen LogP contribution >= 0.6 is 11.3 Å². The first-order chi connectivity index (χ1) is 25.8. The third kappa shape index (κ3) is 4.48. The summed E-state index contributed by atoms with van der Waals surface area (Å²) < 4.78 is 2.63. The van der Waals surface area contributed by atoms with E-state index >= 15 is 0 Å². The van der Waals surface area contributed by atoms with E-state index in [2.05, 4.69) is 193 Å². The number of anilines is 3. The minimum atomic E-state index is 1.13. The Balaban J connectivity index is 1.13. The Bertz CT molecular complexity index is 3190. The zero-order valence-corrected chi connectivity index (χ0v) is 29.1. The molecule has 11 aromatic rings. The standard InChI is InChI=1S/C50H31NS/c1-4-12-39-33(10-1)24-29-44-40(15-7-16-43(39)44)35-21-26-37(27-22-35)51(38-28-23-36-20-19-32-9-2-5-13-41(32)47(36)31-38)48-18-8-17-45-46-30-25-34-11-3-6-14-42(34)49(46)52-50(45)48/h1-31H. The molecule has 0 saturated heterocycles. The SMILES string of the molecule is c1ccc2c(c1)ccc1ccc(N(c3ccc(-c4cccc5c4ccc4ccccc45)cc3)c3cccc4c3sc3c5ccccc5ccc43)cc12. The average molecular weight is 678 g/mol. The van der Waals surface area contributed by atoms with Crippen LogP contribution in [-0.4, -0.2) is 0 Å². The van der Waals surface area contributed by atoms with Crippen molar-refractivity contribution in [1.82, 2.24) is 0 Å². The summed E-state index contributed by atoms with van der Waals surface area (Å²) in [6.07, 6.45) is 0. The van der Waals surface area contributed by atoms with E-state index in [4.69, 9.17) is 0 Å². The smallest absolute Gasteiger partial charge is 0.0640 e. The van der Waals surface area contributed by atoms with E-state index in [0.717, 1.165) is 11.4 Å². The second-order valence-corrected chi connectivity index (χ2v) is 14.7.